The second kappa shape index (κ2) is 8.65. The lowest BCUT2D eigenvalue weighted by atomic mass is 10.0. The predicted octanol–water partition coefficient (Wildman–Crippen LogP) is 4.20. The van der Waals surface area contributed by atoms with Gasteiger partial charge in [-0.1, -0.05) is 32.0 Å². The highest BCUT2D eigenvalue weighted by molar-refractivity contribution is 7.92. The maximum absolute atomic E-state index is 12.6. The molecule has 2 N–H and O–H groups in total. The van der Waals surface area contributed by atoms with Gasteiger partial charge in [0.25, 0.3) is 5.91 Å². The standard InChI is InChI=1S/C21H28N2O4S/c1-13(2)17-9-7-15(4)20(11-17)27-16(5)21(24)22-18-10-8-14(3)19(12-18)23-28(6,25)26/h7-13,16,23H,1-6H3,(H,22,24). The van der Waals surface area contributed by atoms with Gasteiger partial charge in [0, 0.05) is 5.69 Å². The summed E-state index contributed by atoms with van der Waals surface area (Å²) in [5.74, 6) is 0.723. The fourth-order valence-electron chi connectivity index (χ4n) is 2.60. The van der Waals surface area contributed by atoms with Crippen LogP contribution in [0, 0.1) is 13.8 Å². The van der Waals surface area contributed by atoms with Gasteiger partial charge in [0.05, 0.1) is 11.9 Å². The molecule has 0 fully saturated rings. The van der Waals surface area contributed by atoms with Crippen molar-refractivity contribution in [2.24, 2.45) is 0 Å². The fourth-order valence-corrected chi connectivity index (χ4v) is 3.22. The number of hydrogen-bond donors (Lipinski definition) is 2. The third-order valence-corrected chi connectivity index (χ3v) is 4.94. The van der Waals surface area contributed by atoms with Crippen LogP contribution in [0.4, 0.5) is 11.4 Å². The van der Waals surface area contributed by atoms with E-state index in [4.69, 9.17) is 4.74 Å². The minimum Gasteiger partial charge on any atom is -0.481 e. The van der Waals surface area contributed by atoms with Crippen LogP contribution in [0.15, 0.2) is 36.4 Å². The monoisotopic (exact) mass is 404 g/mol. The molecular weight excluding hydrogens is 376 g/mol. The molecule has 6 nitrogen and oxygen atoms in total. The molecule has 1 atom stereocenters. The number of rotatable bonds is 7. The van der Waals surface area contributed by atoms with E-state index in [-0.39, 0.29) is 5.91 Å². The number of carbonyl (C=O) groups is 1. The minimum atomic E-state index is -3.41. The summed E-state index contributed by atoms with van der Waals surface area (Å²) in [7, 11) is -3.41. The van der Waals surface area contributed by atoms with Crippen LogP contribution >= 0.6 is 0 Å². The van der Waals surface area contributed by atoms with Crippen LogP contribution < -0.4 is 14.8 Å². The van der Waals surface area contributed by atoms with Gasteiger partial charge in [-0.3, -0.25) is 9.52 Å². The van der Waals surface area contributed by atoms with E-state index < -0.39 is 16.1 Å². The Morgan fingerprint density at radius 1 is 1.00 bits per heavy atom. The van der Waals surface area contributed by atoms with Gasteiger partial charge in [-0.25, -0.2) is 8.42 Å². The Morgan fingerprint density at radius 2 is 1.64 bits per heavy atom. The van der Waals surface area contributed by atoms with E-state index in [1.807, 2.05) is 19.1 Å². The van der Waals surface area contributed by atoms with Gasteiger partial charge in [0.1, 0.15) is 5.75 Å². The first-order chi connectivity index (χ1) is 13.0. The first-order valence-corrected chi connectivity index (χ1v) is 11.0. The highest BCUT2D eigenvalue weighted by Crippen LogP contribution is 2.26. The van der Waals surface area contributed by atoms with E-state index in [9.17, 15) is 13.2 Å². The summed E-state index contributed by atoms with van der Waals surface area (Å²) in [5.41, 5.74) is 3.77. The zero-order valence-electron chi connectivity index (χ0n) is 17.2. The molecule has 0 aliphatic rings. The third kappa shape index (κ3) is 5.99. The number of sulfonamides is 1. The Morgan fingerprint density at radius 3 is 2.25 bits per heavy atom. The van der Waals surface area contributed by atoms with Crippen molar-refractivity contribution in [3.8, 4) is 5.75 Å². The number of carbonyl (C=O) groups excluding carboxylic acids is 1. The largest absolute Gasteiger partial charge is 0.481 e. The normalized spacial score (nSPS) is 12.5. The van der Waals surface area contributed by atoms with E-state index in [0.717, 1.165) is 22.9 Å². The van der Waals surface area contributed by atoms with Crippen molar-refractivity contribution in [2.75, 3.05) is 16.3 Å². The van der Waals surface area contributed by atoms with Crippen molar-refractivity contribution in [1.29, 1.82) is 0 Å². The number of amides is 1. The minimum absolute atomic E-state index is 0.316. The van der Waals surface area contributed by atoms with Crippen LogP contribution in [-0.2, 0) is 14.8 Å². The highest BCUT2D eigenvalue weighted by Gasteiger charge is 2.17. The molecule has 7 heteroatoms. The molecule has 0 aliphatic heterocycles. The van der Waals surface area contributed by atoms with Crippen LogP contribution in [-0.4, -0.2) is 26.7 Å². The lowest BCUT2D eigenvalue weighted by Gasteiger charge is -2.18. The number of aryl methyl sites for hydroxylation is 2. The summed E-state index contributed by atoms with van der Waals surface area (Å²) in [4.78, 5) is 12.6. The van der Waals surface area contributed by atoms with Gasteiger partial charge in [0.15, 0.2) is 6.10 Å². The summed E-state index contributed by atoms with van der Waals surface area (Å²) >= 11 is 0. The average molecular weight is 405 g/mol. The molecule has 152 valence electrons. The van der Waals surface area contributed by atoms with Gasteiger partial charge in [0.2, 0.25) is 10.0 Å². The van der Waals surface area contributed by atoms with E-state index in [2.05, 4.69) is 30.0 Å². The molecule has 28 heavy (non-hydrogen) atoms. The Kier molecular flexibility index (Phi) is 6.72. The number of anilines is 2. The Balaban J connectivity index is 2.13. The molecule has 0 radical (unpaired) electrons. The molecule has 0 aromatic heterocycles. The molecule has 0 aliphatic carbocycles. The van der Waals surface area contributed by atoms with Crippen molar-refractivity contribution in [1.82, 2.24) is 0 Å². The topological polar surface area (TPSA) is 84.5 Å². The summed E-state index contributed by atoms with van der Waals surface area (Å²) in [6.07, 6.45) is 0.370. The maximum atomic E-state index is 12.6. The number of nitrogens with one attached hydrogen (secondary N) is 2. The molecule has 2 aromatic rings. The summed E-state index contributed by atoms with van der Waals surface area (Å²) in [5, 5.41) is 2.77. The molecule has 0 heterocycles. The Bertz CT molecular complexity index is 968. The Labute approximate surface area is 167 Å². The van der Waals surface area contributed by atoms with E-state index in [1.54, 1.807) is 32.0 Å². The maximum Gasteiger partial charge on any atom is 0.265 e. The van der Waals surface area contributed by atoms with Gasteiger partial charge in [-0.05, 0) is 61.6 Å². The van der Waals surface area contributed by atoms with Crippen molar-refractivity contribution >= 4 is 27.3 Å². The summed E-state index contributed by atoms with van der Waals surface area (Å²) < 4.78 is 31.3. The number of hydrogen-bond acceptors (Lipinski definition) is 4. The van der Waals surface area contributed by atoms with Crippen LogP contribution in [0.25, 0.3) is 0 Å². The molecule has 0 saturated carbocycles. The molecule has 2 aromatic carbocycles. The van der Waals surface area contributed by atoms with Crippen molar-refractivity contribution in [3.63, 3.8) is 0 Å². The average Bonchev–Trinajstić information content (AvgIpc) is 2.58. The first kappa shape index (κ1) is 21.8. The molecule has 2 rings (SSSR count). The molecule has 1 unspecified atom stereocenters. The predicted molar refractivity (Wildman–Crippen MR) is 114 cm³/mol. The summed E-state index contributed by atoms with van der Waals surface area (Å²) in [6.45, 7) is 9.61. The van der Waals surface area contributed by atoms with Crippen molar-refractivity contribution in [3.05, 3.63) is 53.1 Å². The van der Waals surface area contributed by atoms with Gasteiger partial charge in [-0.2, -0.15) is 0 Å². The van der Waals surface area contributed by atoms with Crippen LogP contribution in [0.5, 0.6) is 5.75 Å². The van der Waals surface area contributed by atoms with Crippen molar-refractivity contribution < 1.29 is 17.9 Å². The first-order valence-electron chi connectivity index (χ1n) is 9.13. The van der Waals surface area contributed by atoms with Crippen molar-refractivity contribution in [2.45, 2.75) is 46.6 Å². The smallest absolute Gasteiger partial charge is 0.265 e. The lowest BCUT2D eigenvalue weighted by Crippen LogP contribution is -2.30. The third-order valence-electron chi connectivity index (χ3n) is 4.35. The molecule has 0 spiro atoms. The molecule has 0 saturated heterocycles. The lowest BCUT2D eigenvalue weighted by molar-refractivity contribution is -0.122. The zero-order chi connectivity index (χ0) is 21.1. The molecule has 1 amide bonds. The SMILES string of the molecule is Cc1ccc(NC(=O)C(C)Oc2cc(C(C)C)ccc2C)cc1NS(C)(=O)=O. The van der Waals surface area contributed by atoms with E-state index in [1.165, 1.54) is 0 Å². The second-order valence-electron chi connectivity index (χ2n) is 7.33. The van der Waals surface area contributed by atoms with E-state index >= 15 is 0 Å². The van der Waals surface area contributed by atoms with Crippen LogP contribution in [0.2, 0.25) is 0 Å². The molecule has 0 bridgehead atoms. The Hall–Kier alpha value is -2.54. The molecular formula is C21H28N2O4S. The second-order valence-corrected chi connectivity index (χ2v) is 9.08. The highest BCUT2D eigenvalue weighted by atomic mass is 32.2. The van der Waals surface area contributed by atoms with E-state index in [0.29, 0.717) is 23.0 Å². The van der Waals surface area contributed by atoms with Crippen LogP contribution in [0.3, 0.4) is 0 Å². The quantitative estimate of drug-likeness (QED) is 0.724. The zero-order valence-corrected chi connectivity index (χ0v) is 18.0. The van der Waals surface area contributed by atoms with Gasteiger partial charge < -0.3 is 10.1 Å². The van der Waals surface area contributed by atoms with Crippen LogP contribution in [0.1, 0.15) is 43.4 Å². The summed E-state index contributed by atoms with van der Waals surface area (Å²) in [6, 6.07) is 11.1. The van der Waals surface area contributed by atoms with Gasteiger partial charge in [-0.15, -0.1) is 0 Å². The fraction of sp³-hybridized carbons (Fsp3) is 0.381. The number of benzene rings is 2. The number of ether oxygens (including phenoxy) is 1. The van der Waals surface area contributed by atoms with Gasteiger partial charge >= 0.3 is 0 Å².